The van der Waals surface area contributed by atoms with Crippen LogP contribution in [0.2, 0.25) is 0 Å². The van der Waals surface area contributed by atoms with Crippen molar-refractivity contribution in [3.63, 3.8) is 0 Å². The number of allylic oxidation sites excluding steroid dienone is 2. The monoisotopic (exact) mass is 112 g/mol. The van der Waals surface area contributed by atoms with Crippen LogP contribution in [-0.4, -0.2) is 12.1 Å². The lowest BCUT2D eigenvalue weighted by Gasteiger charge is -1.73. The van der Waals surface area contributed by atoms with Crippen molar-refractivity contribution < 1.29 is 9.59 Å². The minimum absolute atomic E-state index is 0.0214. The third-order valence-corrected chi connectivity index (χ3v) is 0.585. The average Bonchev–Trinajstić information content (AvgIpc) is 1.66. The highest BCUT2D eigenvalue weighted by Crippen LogP contribution is 1.77. The standard InChI is InChI=1S/C6H8O2/c1-6(8)4-2-3-5-7/h2,4-5H,3H2,1H3/b4-2+. The molecule has 0 bridgehead atoms. The van der Waals surface area contributed by atoms with Crippen molar-refractivity contribution in [3.8, 4) is 0 Å². The molecule has 0 amide bonds. The minimum Gasteiger partial charge on any atom is -0.303 e. The lowest BCUT2D eigenvalue weighted by atomic mass is 10.3. The Morgan fingerprint density at radius 1 is 1.62 bits per heavy atom. The van der Waals surface area contributed by atoms with Crippen molar-refractivity contribution in [1.29, 1.82) is 0 Å². The molecule has 0 N–H and O–H groups in total. The molecule has 0 aromatic heterocycles. The molecule has 2 nitrogen and oxygen atoms in total. The number of carbonyl (C=O) groups is 2. The SMILES string of the molecule is CC(=O)/C=C/CC=O. The van der Waals surface area contributed by atoms with Crippen LogP contribution >= 0.6 is 0 Å². The third-order valence-electron chi connectivity index (χ3n) is 0.585. The Morgan fingerprint density at radius 2 is 2.25 bits per heavy atom. The van der Waals surface area contributed by atoms with Gasteiger partial charge in [0, 0.05) is 6.42 Å². The van der Waals surface area contributed by atoms with Crippen LogP contribution in [0.3, 0.4) is 0 Å². The summed E-state index contributed by atoms with van der Waals surface area (Å²) in [4.78, 5) is 19.7. The molecule has 0 aliphatic heterocycles. The van der Waals surface area contributed by atoms with Gasteiger partial charge in [0.1, 0.15) is 6.29 Å². The number of hydrogen-bond donors (Lipinski definition) is 0. The Kier molecular flexibility index (Phi) is 3.76. The topological polar surface area (TPSA) is 34.1 Å². The van der Waals surface area contributed by atoms with E-state index in [2.05, 4.69) is 0 Å². The summed E-state index contributed by atoms with van der Waals surface area (Å²) in [7, 11) is 0. The Bertz CT molecular complexity index is 114. The molecule has 0 aliphatic carbocycles. The molecule has 0 radical (unpaired) electrons. The number of hydrogen-bond acceptors (Lipinski definition) is 2. The van der Waals surface area contributed by atoms with Gasteiger partial charge in [0.05, 0.1) is 0 Å². The first-order valence-corrected chi connectivity index (χ1v) is 2.38. The van der Waals surface area contributed by atoms with Gasteiger partial charge in [0.25, 0.3) is 0 Å². The Labute approximate surface area is 48.2 Å². The van der Waals surface area contributed by atoms with Gasteiger partial charge in [-0.15, -0.1) is 0 Å². The van der Waals surface area contributed by atoms with Gasteiger partial charge in [0.2, 0.25) is 0 Å². The minimum atomic E-state index is -0.0214. The normalized spacial score (nSPS) is 9.62. The fourth-order valence-corrected chi connectivity index (χ4v) is 0.290. The summed E-state index contributed by atoms with van der Waals surface area (Å²) in [5, 5.41) is 0. The number of ketones is 1. The van der Waals surface area contributed by atoms with E-state index < -0.39 is 0 Å². The predicted molar refractivity (Wildman–Crippen MR) is 30.5 cm³/mol. The van der Waals surface area contributed by atoms with E-state index in [-0.39, 0.29) is 5.78 Å². The van der Waals surface area contributed by atoms with Crippen LogP contribution in [0.15, 0.2) is 12.2 Å². The Balaban J connectivity index is 3.34. The second-order valence-electron chi connectivity index (χ2n) is 1.42. The molecule has 8 heavy (non-hydrogen) atoms. The second kappa shape index (κ2) is 4.24. The van der Waals surface area contributed by atoms with Gasteiger partial charge in [-0.1, -0.05) is 6.08 Å². The maximum Gasteiger partial charge on any atom is 0.152 e. The predicted octanol–water partition coefficient (Wildman–Crippen LogP) is 0.721. The van der Waals surface area contributed by atoms with Crippen molar-refractivity contribution in [2.24, 2.45) is 0 Å². The number of rotatable bonds is 3. The average molecular weight is 112 g/mol. The van der Waals surface area contributed by atoms with E-state index in [0.29, 0.717) is 6.42 Å². The molecule has 2 heteroatoms. The van der Waals surface area contributed by atoms with Gasteiger partial charge in [0.15, 0.2) is 5.78 Å². The van der Waals surface area contributed by atoms with E-state index in [9.17, 15) is 9.59 Å². The summed E-state index contributed by atoms with van der Waals surface area (Å²) in [6, 6.07) is 0. The van der Waals surface area contributed by atoms with Gasteiger partial charge in [-0.05, 0) is 13.0 Å². The van der Waals surface area contributed by atoms with Crippen LogP contribution < -0.4 is 0 Å². The van der Waals surface area contributed by atoms with Crippen LogP contribution in [0.5, 0.6) is 0 Å². The van der Waals surface area contributed by atoms with Crippen LogP contribution in [-0.2, 0) is 9.59 Å². The zero-order valence-electron chi connectivity index (χ0n) is 4.76. The molecule has 0 atom stereocenters. The van der Waals surface area contributed by atoms with Gasteiger partial charge in [-0.25, -0.2) is 0 Å². The lowest BCUT2D eigenvalue weighted by Crippen LogP contribution is -1.79. The molecule has 0 aliphatic rings. The molecular formula is C6H8O2. The number of aldehydes is 1. The van der Waals surface area contributed by atoms with Crippen LogP contribution in [0.25, 0.3) is 0 Å². The molecule has 0 saturated heterocycles. The summed E-state index contributed by atoms with van der Waals surface area (Å²) < 4.78 is 0. The number of carbonyl (C=O) groups excluding carboxylic acids is 2. The summed E-state index contributed by atoms with van der Waals surface area (Å²) in [6.45, 7) is 1.45. The van der Waals surface area contributed by atoms with E-state index in [0.717, 1.165) is 6.29 Å². The highest BCUT2D eigenvalue weighted by molar-refractivity contribution is 5.87. The van der Waals surface area contributed by atoms with Gasteiger partial charge >= 0.3 is 0 Å². The first kappa shape index (κ1) is 7.08. The quantitative estimate of drug-likeness (QED) is 0.398. The maximum absolute atomic E-state index is 10.1. The first-order valence-electron chi connectivity index (χ1n) is 2.38. The lowest BCUT2D eigenvalue weighted by molar-refractivity contribution is -0.112. The van der Waals surface area contributed by atoms with Crippen molar-refractivity contribution >= 4 is 12.1 Å². The summed E-state index contributed by atoms with van der Waals surface area (Å²) >= 11 is 0. The zero-order chi connectivity index (χ0) is 6.41. The molecule has 0 fully saturated rings. The molecule has 0 saturated carbocycles. The van der Waals surface area contributed by atoms with Crippen LogP contribution in [0.4, 0.5) is 0 Å². The molecule has 0 rings (SSSR count). The molecule has 0 spiro atoms. The van der Waals surface area contributed by atoms with Crippen LogP contribution in [0.1, 0.15) is 13.3 Å². The first-order chi connectivity index (χ1) is 3.77. The molecule has 44 valence electrons. The van der Waals surface area contributed by atoms with Crippen molar-refractivity contribution in [2.45, 2.75) is 13.3 Å². The third kappa shape index (κ3) is 5.08. The molecule has 0 aromatic carbocycles. The molecular weight excluding hydrogens is 104 g/mol. The van der Waals surface area contributed by atoms with Crippen molar-refractivity contribution in [1.82, 2.24) is 0 Å². The highest BCUT2D eigenvalue weighted by atomic mass is 16.1. The summed E-state index contributed by atoms with van der Waals surface area (Å²) in [5.74, 6) is -0.0214. The summed E-state index contributed by atoms with van der Waals surface area (Å²) in [5.41, 5.74) is 0. The highest BCUT2D eigenvalue weighted by Gasteiger charge is 1.78. The van der Waals surface area contributed by atoms with Crippen LogP contribution in [0, 0.1) is 0 Å². The van der Waals surface area contributed by atoms with E-state index in [1.165, 1.54) is 19.1 Å². The fourth-order valence-electron chi connectivity index (χ4n) is 0.290. The molecule has 0 heterocycles. The van der Waals surface area contributed by atoms with E-state index >= 15 is 0 Å². The fraction of sp³-hybridized carbons (Fsp3) is 0.333. The molecule has 0 unspecified atom stereocenters. The second-order valence-corrected chi connectivity index (χ2v) is 1.42. The maximum atomic E-state index is 10.1. The van der Waals surface area contributed by atoms with E-state index in [1.54, 1.807) is 0 Å². The Hall–Kier alpha value is -0.920. The van der Waals surface area contributed by atoms with E-state index in [1.807, 2.05) is 0 Å². The van der Waals surface area contributed by atoms with Crippen molar-refractivity contribution in [3.05, 3.63) is 12.2 Å². The molecule has 0 aromatic rings. The largest absolute Gasteiger partial charge is 0.303 e. The summed E-state index contributed by atoms with van der Waals surface area (Å²) in [6.07, 6.45) is 4.00. The Morgan fingerprint density at radius 3 is 2.62 bits per heavy atom. The zero-order valence-corrected chi connectivity index (χ0v) is 4.76. The smallest absolute Gasteiger partial charge is 0.152 e. The van der Waals surface area contributed by atoms with Crippen molar-refractivity contribution in [2.75, 3.05) is 0 Å². The van der Waals surface area contributed by atoms with Gasteiger partial charge in [-0.3, -0.25) is 4.79 Å². The van der Waals surface area contributed by atoms with E-state index in [4.69, 9.17) is 0 Å². The van der Waals surface area contributed by atoms with Gasteiger partial charge < -0.3 is 4.79 Å². The van der Waals surface area contributed by atoms with Gasteiger partial charge in [-0.2, -0.15) is 0 Å².